The Hall–Kier alpha value is -3.61. The molecule has 1 atom stereocenters. The monoisotopic (exact) mass is 409 g/mol. The zero-order valence-corrected chi connectivity index (χ0v) is 17.1. The third-order valence-electron chi connectivity index (χ3n) is 4.74. The predicted molar refractivity (Wildman–Crippen MR) is 112 cm³/mol. The maximum atomic E-state index is 12.4. The van der Waals surface area contributed by atoms with Gasteiger partial charge in [-0.05, 0) is 61.4 Å². The minimum absolute atomic E-state index is 0.0999. The standard InChI is InChI=1S/C23H23NO6/c1-4-29-20-9-5-15(11-21(20)28-3)6-10-22(26)30-13-19(25)16-7-8-18-17(12-16)14(2)23(27)24-18/h5-12,14H,4,13H2,1-3H3,(H,24,27)/b10-6+/t14-/m0/s1. The molecule has 2 aromatic rings. The number of hydrogen-bond donors (Lipinski definition) is 1. The molecule has 0 saturated carbocycles. The number of rotatable bonds is 8. The van der Waals surface area contributed by atoms with Crippen molar-refractivity contribution in [3.63, 3.8) is 0 Å². The molecule has 0 aromatic heterocycles. The number of methoxy groups -OCH3 is 1. The van der Waals surface area contributed by atoms with Gasteiger partial charge in [0.25, 0.3) is 0 Å². The van der Waals surface area contributed by atoms with Gasteiger partial charge in [-0.15, -0.1) is 0 Å². The van der Waals surface area contributed by atoms with Gasteiger partial charge in [0.1, 0.15) is 0 Å². The van der Waals surface area contributed by atoms with Gasteiger partial charge in [-0.3, -0.25) is 9.59 Å². The predicted octanol–water partition coefficient (Wildman–Crippen LogP) is 3.59. The van der Waals surface area contributed by atoms with Crippen LogP contribution in [-0.2, 0) is 14.3 Å². The summed E-state index contributed by atoms with van der Waals surface area (Å²) in [5, 5.41) is 2.75. The summed E-state index contributed by atoms with van der Waals surface area (Å²) in [4.78, 5) is 36.1. The summed E-state index contributed by atoms with van der Waals surface area (Å²) in [6.07, 6.45) is 2.81. The Bertz CT molecular complexity index is 1010. The molecule has 1 aliphatic heterocycles. The first kappa shape index (κ1) is 21.1. The molecule has 0 saturated heterocycles. The van der Waals surface area contributed by atoms with Gasteiger partial charge in [0.15, 0.2) is 23.9 Å². The Morgan fingerprint density at radius 1 is 1.13 bits per heavy atom. The van der Waals surface area contributed by atoms with Gasteiger partial charge < -0.3 is 19.5 Å². The molecule has 156 valence electrons. The molecule has 2 aromatic carbocycles. The van der Waals surface area contributed by atoms with Crippen LogP contribution >= 0.6 is 0 Å². The van der Waals surface area contributed by atoms with Crippen molar-refractivity contribution < 1.29 is 28.6 Å². The summed E-state index contributed by atoms with van der Waals surface area (Å²) in [6.45, 7) is 3.78. The van der Waals surface area contributed by atoms with Gasteiger partial charge in [0, 0.05) is 17.3 Å². The van der Waals surface area contributed by atoms with E-state index in [1.165, 1.54) is 13.2 Å². The summed E-state index contributed by atoms with van der Waals surface area (Å²) in [7, 11) is 1.54. The van der Waals surface area contributed by atoms with E-state index in [0.29, 0.717) is 29.4 Å². The Kier molecular flexibility index (Phi) is 6.51. The molecular weight excluding hydrogens is 386 g/mol. The van der Waals surface area contributed by atoms with Crippen molar-refractivity contribution in [3.8, 4) is 11.5 Å². The quantitative estimate of drug-likeness (QED) is 0.407. The fourth-order valence-corrected chi connectivity index (χ4v) is 3.09. The molecule has 7 heteroatoms. The number of benzene rings is 2. The number of ketones is 1. The molecule has 0 radical (unpaired) electrons. The first-order valence-electron chi connectivity index (χ1n) is 9.56. The van der Waals surface area contributed by atoms with Crippen LogP contribution < -0.4 is 14.8 Å². The number of hydrogen-bond acceptors (Lipinski definition) is 6. The van der Waals surface area contributed by atoms with E-state index in [0.717, 1.165) is 11.1 Å². The average Bonchev–Trinajstić information content (AvgIpc) is 3.04. The van der Waals surface area contributed by atoms with Crippen LogP contribution in [0.15, 0.2) is 42.5 Å². The second-order valence-corrected chi connectivity index (χ2v) is 6.72. The number of carbonyl (C=O) groups excluding carboxylic acids is 3. The van der Waals surface area contributed by atoms with E-state index < -0.39 is 5.97 Å². The van der Waals surface area contributed by atoms with E-state index in [9.17, 15) is 14.4 Å². The SMILES string of the molecule is CCOc1ccc(/C=C/C(=O)OCC(=O)c2ccc3c(c2)[C@H](C)C(=O)N3)cc1OC. The topological polar surface area (TPSA) is 90.9 Å². The second-order valence-electron chi connectivity index (χ2n) is 6.72. The largest absolute Gasteiger partial charge is 0.493 e. The maximum Gasteiger partial charge on any atom is 0.331 e. The van der Waals surface area contributed by atoms with Crippen LogP contribution in [0.3, 0.4) is 0 Å². The molecule has 1 heterocycles. The molecule has 3 rings (SSSR count). The molecule has 1 amide bonds. The van der Waals surface area contributed by atoms with Crippen molar-refractivity contribution in [2.45, 2.75) is 19.8 Å². The third kappa shape index (κ3) is 4.68. The van der Waals surface area contributed by atoms with Crippen molar-refractivity contribution >= 4 is 29.4 Å². The first-order valence-corrected chi connectivity index (χ1v) is 9.56. The number of nitrogens with one attached hydrogen (secondary N) is 1. The molecular formula is C23H23NO6. The Morgan fingerprint density at radius 3 is 2.67 bits per heavy atom. The molecule has 1 N–H and O–H groups in total. The zero-order valence-electron chi connectivity index (χ0n) is 17.1. The lowest BCUT2D eigenvalue weighted by Gasteiger charge is -2.09. The van der Waals surface area contributed by atoms with Gasteiger partial charge in [-0.2, -0.15) is 0 Å². The highest BCUT2D eigenvalue weighted by atomic mass is 16.5. The van der Waals surface area contributed by atoms with E-state index in [2.05, 4.69) is 5.32 Å². The number of amides is 1. The lowest BCUT2D eigenvalue weighted by molar-refractivity contribution is -0.136. The van der Waals surface area contributed by atoms with Crippen molar-refractivity contribution in [2.75, 3.05) is 25.6 Å². The van der Waals surface area contributed by atoms with Crippen molar-refractivity contribution in [2.24, 2.45) is 0 Å². The number of fused-ring (bicyclic) bond motifs is 1. The Morgan fingerprint density at radius 2 is 1.93 bits per heavy atom. The average molecular weight is 409 g/mol. The normalized spacial score (nSPS) is 14.9. The highest BCUT2D eigenvalue weighted by Crippen LogP contribution is 2.32. The van der Waals surface area contributed by atoms with Crippen LogP contribution in [0.1, 0.15) is 41.3 Å². The van der Waals surface area contributed by atoms with Crippen LogP contribution in [0.4, 0.5) is 5.69 Å². The molecule has 1 aliphatic rings. The van der Waals surface area contributed by atoms with E-state index in [-0.39, 0.29) is 24.2 Å². The maximum absolute atomic E-state index is 12.4. The Labute approximate surface area is 174 Å². The zero-order chi connectivity index (χ0) is 21.7. The number of ether oxygens (including phenoxy) is 3. The number of anilines is 1. The molecule has 0 spiro atoms. The van der Waals surface area contributed by atoms with Crippen molar-refractivity contribution in [1.29, 1.82) is 0 Å². The fraction of sp³-hybridized carbons (Fsp3) is 0.261. The summed E-state index contributed by atoms with van der Waals surface area (Å²) in [6, 6.07) is 10.2. The van der Waals surface area contributed by atoms with Crippen LogP contribution in [-0.4, -0.2) is 38.0 Å². The minimum Gasteiger partial charge on any atom is -0.493 e. The van der Waals surface area contributed by atoms with Crippen LogP contribution in [0.5, 0.6) is 11.5 Å². The van der Waals surface area contributed by atoms with Gasteiger partial charge in [-0.25, -0.2) is 4.79 Å². The molecule has 0 aliphatic carbocycles. The summed E-state index contributed by atoms with van der Waals surface area (Å²) in [5.41, 5.74) is 2.59. The smallest absolute Gasteiger partial charge is 0.331 e. The first-order chi connectivity index (χ1) is 14.4. The lowest BCUT2D eigenvalue weighted by Crippen LogP contribution is -2.13. The van der Waals surface area contributed by atoms with Crippen LogP contribution in [0.25, 0.3) is 6.08 Å². The summed E-state index contributed by atoms with van der Waals surface area (Å²) in [5.74, 6) is -0.218. The molecule has 0 bridgehead atoms. The van der Waals surface area contributed by atoms with Gasteiger partial charge in [-0.1, -0.05) is 6.07 Å². The Balaban J connectivity index is 1.58. The molecule has 0 fully saturated rings. The van der Waals surface area contributed by atoms with Gasteiger partial charge >= 0.3 is 5.97 Å². The van der Waals surface area contributed by atoms with E-state index in [1.54, 1.807) is 49.4 Å². The van der Waals surface area contributed by atoms with Gasteiger partial charge in [0.05, 0.1) is 19.6 Å². The molecule has 0 unspecified atom stereocenters. The number of Topliss-reactive ketones (excluding diaryl/α,β-unsaturated/α-hetero) is 1. The fourth-order valence-electron chi connectivity index (χ4n) is 3.09. The van der Waals surface area contributed by atoms with E-state index >= 15 is 0 Å². The number of carbonyl (C=O) groups is 3. The molecule has 7 nitrogen and oxygen atoms in total. The van der Waals surface area contributed by atoms with E-state index in [1.807, 2.05) is 6.92 Å². The third-order valence-corrected chi connectivity index (χ3v) is 4.74. The van der Waals surface area contributed by atoms with Crippen LogP contribution in [0, 0.1) is 0 Å². The van der Waals surface area contributed by atoms with Gasteiger partial charge in [0.2, 0.25) is 5.91 Å². The van der Waals surface area contributed by atoms with Crippen molar-refractivity contribution in [1.82, 2.24) is 0 Å². The second kappa shape index (κ2) is 9.26. The van der Waals surface area contributed by atoms with Crippen molar-refractivity contribution in [3.05, 3.63) is 59.2 Å². The summed E-state index contributed by atoms with van der Waals surface area (Å²) < 4.78 is 15.8. The molecule has 30 heavy (non-hydrogen) atoms. The minimum atomic E-state index is -0.637. The summed E-state index contributed by atoms with van der Waals surface area (Å²) >= 11 is 0. The number of esters is 1. The highest BCUT2D eigenvalue weighted by molar-refractivity contribution is 6.05. The van der Waals surface area contributed by atoms with Crippen LogP contribution in [0.2, 0.25) is 0 Å². The van der Waals surface area contributed by atoms with E-state index in [4.69, 9.17) is 14.2 Å². The highest BCUT2D eigenvalue weighted by Gasteiger charge is 2.27. The lowest BCUT2D eigenvalue weighted by atomic mass is 9.99.